The summed E-state index contributed by atoms with van der Waals surface area (Å²) in [6.07, 6.45) is 6.87. The Labute approximate surface area is 101 Å². The molecule has 1 aromatic rings. The number of nitrogen functional groups attached to an aromatic ring is 1. The van der Waals surface area contributed by atoms with Crippen molar-refractivity contribution in [1.82, 2.24) is 9.80 Å². The molecule has 0 atom stereocenters. The van der Waals surface area contributed by atoms with Gasteiger partial charge in [0.05, 0.1) is 6.67 Å². The smallest absolute Gasteiger partial charge is 0.194 e. The summed E-state index contributed by atoms with van der Waals surface area (Å²) < 4.78 is 0. The Bertz CT molecular complexity index is 467. The van der Waals surface area contributed by atoms with Crippen molar-refractivity contribution >= 4 is 11.4 Å². The molecular formula is C13H16N4. The Morgan fingerprint density at radius 1 is 1.06 bits per heavy atom. The van der Waals surface area contributed by atoms with Gasteiger partial charge in [0.1, 0.15) is 0 Å². The summed E-state index contributed by atoms with van der Waals surface area (Å²) in [7, 11) is 0. The van der Waals surface area contributed by atoms with Crippen LogP contribution in [0.2, 0.25) is 0 Å². The largest absolute Gasteiger partial charge is 0.399 e. The second-order valence-corrected chi connectivity index (χ2v) is 5.00. The number of nitrogens with zero attached hydrogens (tertiary/aromatic N) is 3. The van der Waals surface area contributed by atoms with E-state index in [9.17, 15) is 0 Å². The zero-order valence-electron chi connectivity index (χ0n) is 9.71. The molecule has 4 heterocycles. The first-order valence-electron chi connectivity index (χ1n) is 6.16. The Hall–Kier alpha value is -1.84. The lowest BCUT2D eigenvalue weighted by Gasteiger charge is -2.58. The molecular weight excluding hydrogens is 212 g/mol. The molecule has 88 valence electrons. The molecule has 4 nitrogen and oxygen atoms in total. The third-order valence-electron chi connectivity index (χ3n) is 4.18. The van der Waals surface area contributed by atoms with Crippen molar-refractivity contribution in [2.45, 2.75) is 18.6 Å². The van der Waals surface area contributed by atoms with Crippen LogP contribution >= 0.6 is 0 Å². The van der Waals surface area contributed by atoms with Gasteiger partial charge in [0, 0.05) is 36.7 Å². The topological polar surface area (TPSA) is 35.7 Å². The minimum absolute atomic E-state index is 0.107. The number of hydrogen-bond donors (Lipinski definition) is 1. The lowest BCUT2D eigenvalue weighted by Crippen LogP contribution is -2.72. The number of anilines is 2. The van der Waals surface area contributed by atoms with Crippen LogP contribution in [0.3, 0.4) is 0 Å². The summed E-state index contributed by atoms with van der Waals surface area (Å²) >= 11 is 0. The SMILES string of the molecule is Nc1ccc(N2CCCC23N2C=CN3C2)cc1. The van der Waals surface area contributed by atoms with Gasteiger partial charge in [0.2, 0.25) is 0 Å². The Kier molecular flexibility index (Phi) is 1.56. The van der Waals surface area contributed by atoms with Crippen LogP contribution in [0.15, 0.2) is 36.7 Å². The lowest BCUT2D eigenvalue weighted by atomic mass is 10.1. The predicted molar refractivity (Wildman–Crippen MR) is 67.9 cm³/mol. The maximum Gasteiger partial charge on any atom is 0.194 e. The van der Waals surface area contributed by atoms with Crippen LogP contribution in [0, 0.1) is 0 Å². The van der Waals surface area contributed by atoms with E-state index in [1.54, 1.807) is 0 Å². The predicted octanol–water partition coefficient (Wildman–Crippen LogP) is 1.58. The minimum atomic E-state index is 0.107. The van der Waals surface area contributed by atoms with E-state index in [1.807, 2.05) is 12.1 Å². The third kappa shape index (κ3) is 0.983. The number of nitrogens with two attached hydrogens (primary N) is 1. The normalized spacial score (nSPS) is 23.6. The summed E-state index contributed by atoms with van der Waals surface area (Å²) in [5, 5.41) is 0. The molecule has 2 N–H and O–H groups in total. The summed E-state index contributed by atoms with van der Waals surface area (Å²) in [6.45, 7) is 2.17. The van der Waals surface area contributed by atoms with Gasteiger partial charge in [-0.15, -0.1) is 0 Å². The fraction of sp³-hybridized carbons (Fsp3) is 0.385. The molecule has 2 bridgehead atoms. The van der Waals surface area contributed by atoms with Crippen LogP contribution in [-0.2, 0) is 0 Å². The molecule has 17 heavy (non-hydrogen) atoms. The van der Waals surface area contributed by atoms with Gasteiger partial charge in [-0.1, -0.05) is 0 Å². The van der Waals surface area contributed by atoms with Crippen molar-refractivity contribution in [3.05, 3.63) is 36.7 Å². The summed E-state index contributed by atoms with van der Waals surface area (Å²) in [6, 6.07) is 8.23. The van der Waals surface area contributed by atoms with Gasteiger partial charge in [-0.3, -0.25) is 0 Å². The van der Waals surface area contributed by atoms with Crippen molar-refractivity contribution < 1.29 is 0 Å². The van der Waals surface area contributed by atoms with E-state index >= 15 is 0 Å². The quantitative estimate of drug-likeness (QED) is 0.740. The van der Waals surface area contributed by atoms with Crippen LogP contribution in [0.4, 0.5) is 11.4 Å². The second-order valence-electron chi connectivity index (χ2n) is 5.00. The number of benzene rings is 1. The van der Waals surface area contributed by atoms with E-state index in [2.05, 4.69) is 39.2 Å². The second kappa shape index (κ2) is 2.88. The highest BCUT2D eigenvalue weighted by Crippen LogP contribution is 2.48. The molecule has 0 aromatic heterocycles. The molecule has 4 aliphatic heterocycles. The van der Waals surface area contributed by atoms with Crippen molar-refractivity contribution in [3.63, 3.8) is 0 Å². The number of hydrogen-bond acceptors (Lipinski definition) is 4. The maximum atomic E-state index is 5.75. The molecule has 5 rings (SSSR count). The van der Waals surface area contributed by atoms with Gasteiger partial charge in [-0.25, -0.2) is 0 Å². The fourth-order valence-corrected chi connectivity index (χ4v) is 3.35. The van der Waals surface area contributed by atoms with Crippen molar-refractivity contribution in [2.75, 3.05) is 23.8 Å². The van der Waals surface area contributed by atoms with Gasteiger partial charge in [-0.05, 0) is 30.7 Å². The average Bonchev–Trinajstić information content (AvgIpc) is 3.05. The van der Waals surface area contributed by atoms with E-state index in [1.165, 1.54) is 18.5 Å². The summed E-state index contributed by atoms with van der Waals surface area (Å²) in [4.78, 5) is 7.35. The molecule has 2 saturated heterocycles. The van der Waals surface area contributed by atoms with Crippen molar-refractivity contribution in [1.29, 1.82) is 0 Å². The van der Waals surface area contributed by atoms with Crippen LogP contribution in [0.25, 0.3) is 0 Å². The van der Waals surface area contributed by atoms with Gasteiger partial charge in [0.15, 0.2) is 5.79 Å². The minimum Gasteiger partial charge on any atom is -0.399 e. The molecule has 1 spiro atoms. The van der Waals surface area contributed by atoms with E-state index in [-0.39, 0.29) is 5.79 Å². The van der Waals surface area contributed by atoms with E-state index < -0.39 is 0 Å². The zero-order valence-corrected chi connectivity index (χ0v) is 9.71. The van der Waals surface area contributed by atoms with Crippen LogP contribution in [0.5, 0.6) is 0 Å². The standard InChI is InChI=1S/C13H16N4/c14-11-2-4-12(5-3-11)17-7-1-6-13(17)15-8-9-16(13)10-15/h2-5,8-9H,1,6-7,10,14H2. The molecule has 0 aliphatic carbocycles. The third-order valence-corrected chi connectivity index (χ3v) is 4.18. The van der Waals surface area contributed by atoms with Gasteiger partial charge < -0.3 is 20.4 Å². The summed E-state index contributed by atoms with van der Waals surface area (Å²) in [5.41, 5.74) is 7.86. The monoisotopic (exact) mass is 228 g/mol. The molecule has 0 radical (unpaired) electrons. The van der Waals surface area contributed by atoms with Crippen LogP contribution < -0.4 is 10.6 Å². The molecule has 4 aliphatic rings. The molecule has 0 unspecified atom stereocenters. The molecule has 0 saturated carbocycles. The molecule has 4 heteroatoms. The Morgan fingerprint density at radius 3 is 2.41 bits per heavy atom. The molecule has 0 amide bonds. The fourth-order valence-electron chi connectivity index (χ4n) is 3.35. The van der Waals surface area contributed by atoms with Gasteiger partial charge >= 0.3 is 0 Å². The van der Waals surface area contributed by atoms with Crippen molar-refractivity contribution in [3.8, 4) is 0 Å². The molecule has 2 fully saturated rings. The van der Waals surface area contributed by atoms with Gasteiger partial charge in [-0.2, -0.15) is 0 Å². The van der Waals surface area contributed by atoms with Crippen LogP contribution in [-0.4, -0.2) is 28.8 Å². The highest BCUT2D eigenvalue weighted by Gasteiger charge is 2.58. The first-order valence-corrected chi connectivity index (χ1v) is 6.16. The first-order chi connectivity index (χ1) is 8.30. The Balaban J connectivity index is 1.72. The van der Waals surface area contributed by atoms with Gasteiger partial charge in [0.25, 0.3) is 0 Å². The van der Waals surface area contributed by atoms with E-state index in [0.717, 1.165) is 18.9 Å². The van der Waals surface area contributed by atoms with E-state index in [4.69, 9.17) is 5.73 Å². The zero-order chi connectivity index (χ0) is 11.5. The molecule has 1 aromatic carbocycles. The highest BCUT2D eigenvalue weighted by atomic mass is 15.7. The number of rotatable bonds is 1. The van der Waals surface area contributed by atoms with Crippen molar-refractivity contribution in [2.24, 2.45) is 0 Å². The van der Waals surface area contributed by atoms with E-state index in [0.29, 0.717) is 0 Å². The van der Waals surface area contributed by atoms with Crippen LogP contribution in [0.1, 0.15) is 12.8 Å². The average molecular weight is 228 g/mol. The Morgan fingerprint density at radius 2 is 1.76 bits per heavy atom. The lowest BCUT2D eigenvalue weighted by molar-refractivity contribution is -0.0996. The first kappa shape index (κ1) is 9.22. The summed E-state index contributed by atoms with van der Waals surface area (Å²) in [5.74, 6) is 0.107. The maximum absolute atomic E-state index is 5.75. The highest BCUT2D eigenvalue weighted by molar-refractivity contribution is 5.56.